The van der Waals surface area contributed by atoms with Gasteiger partial charge in [0.15, 0.2) is 0 Å². The van der Waals surface area contributed by atoms with Crippen LogP contribution < -0.4 is 0 Å². The van der Waals surface area contributed by atoms with Crippen molar-refractivity contribution in [2.75, 3.05) is 14.2 Å². The number of fused-ring (bicyclic) bond motifs is 12. The number of carboxylic acid groups (broad SMARTS) is 1. The summed E-state index contributed by atoms with van der Waals surface area (Å²) in [6.07, 6.45) is 0.401. The minimum Gasteiger partial charge on any atom is -0.481 e. The lowest BCUT2D eigenvalue weighted by atomic mass is 9.63. The summed E-state index contributed by atoms with van der Waals surface area (Å²) in [5, 5.41) is 10.7. The summed E-state index contributed by atoms with van der Waals surface area (Å²) in [7, 11) is 2.86. The second-order valence-electron chi connectivity index (χ2n) is 7.75. The third kappa shape index (κ3) is 1.48. The van der Waals surface area contributed by atoms with Crippen LogP contribution in [0.25, 0.3) is 0 Å². The Kier molecular flexibility index (Phi) is 3.54. The summed E-state index contributed by atoms with van der Waals surface area (Å²) in [6.45, 7) is 0. The first kappa shape index (κ1) is 18.5. The molecule has 4 aliphatic rings. The van der Waals surface area contributed by atoms with E-state index in [0.717, 1.165) is 11.1 Å². The van der Waals surface area contributed by atoms with Crippen LogP contribution in [0.2, 0.25) is 0 Å². The van der Waals surface area contributed by atoms with Gasteiger partial charge in [-0.05, 0) is 23.5 Å². The number of hydrogen-bond acceptors (Lipinski definition) is 3. The molecule has 2 saturated carbocycles. The van der Waals surface area contributed by atoms with Crippen molar-refractivity contribution in [1.82, 2.24) is 0 Å². The molecule has 0 amide bonds. The van der Waals surface area contributed by atoms with Crippen molar-refractivity contribution in [2.24, 2.45) is 11.8 Å². The number of ether oxygens (including phenoxy) is 2. The van der Waals surface area contributed by atoms with E-state index in [1.54, 1.807) is 0 Å². The molecule has 0 saturated heterocycles. The molecule has 4 bridgehead atoms. The lowest BCUT2D eigenvalue weighted by Gasteiger charge is -2.44. The Bertz CT molecular complexity index is 928. The summed E-state index contributed by atoms with van der Waals surface area (Å²) in [6, 6.07) is 7.55. The highest BCUT2D eigenvalue weighted by atomic mass is 35.5. The molecule has 0 heterocycles. The molecule has 1 aromatic rings. The molecule has 6 atom stereocenters. The highest BCUT2D eigenvalue weighted by Gasteiger charge is 2.91. The van der Waals surface area contributed by atoms with E-state index in [1.807, 2.05) is 24.3 Å². The first-order valence-corrected chi connectivity index (χ1v) is 10.1. The van der Waals surface area contributed by atoms with Crippen LogP contribution in [0.4, 0.5) is 0 Å². The minimum atomic E-state index is -1.58. The molecule has 5 rings (SSSR count). The highest BCUT2D eigenvalue weighted by molar-refractivity contribution is 6.52. The Hall–Kier alpha value is -0.490. The molecule has 1 N–H and O–H groups in total. The van der Waals surface area contributed by atoms with Crippen LogP contribution >= 0.6 is 46.4 Å². The average Bonchev–Trinajstić information content (AvgIpc) is 3.28. The molecule has 4 nitrogen and oxygen atoms in total. The van der Waals surface area contributed by atoms with Gasteiger partial charge in [0.25, 0.3) is 0 Å². The Labute approximate surface area is 176 Å². The van der Waals surface area contributed by atoms with E-state index in [-0.39, 0.29) is 16.0 Å². The van der Waals surface area contributed by atoms with Gasteiger partial charge >= 0.3 is 5.97 Å². The number of hydrogen-bond donors (Lipinski definition) is 1. The van der Waals surface area contributed by atoms with Gasteiger partial charge in [-0.1, -0.05) is 47.5 Å². The predicted octanol–water partition coefficient (Wildman–Crippen LogP) is 4.40. The van der Waals surface area contributed by atoms with Gasteiger partial charge in [0.1, 0.15) is 9.75 Å². The number of carbonyl (C=O) groups is 1. The molecule has 2 fully saturated rings. The Morgan fingerprint density at radius 1 is 1.11 bits per heavy atom. The second-order valence-corrected chi connectivity index (χ2v) is 9.70. The van der Waals surface area contributed by atoms with Crippen LogP contribution in [0, 0.1) is 11.8 Å². The minimum absolute atomic E-state index is 0.108. The molecular weight excluding hydrogens is 434 g/mol. The molecule has 6 unspecified atom stereocenters. The van der Waals surface area contributed by atoms with E-state index >= 15 is 0 Å². The van der Waals surface area contributed by atoms with Crippen LogP contribution in [0.1, 0.15) is 23.5 Å². The third-order valence-electron chi connectivity index (χ3n) is 7.34. The SMILES string of the molecule is COC1(OC)C2(Cl)C(Cl)=C(Cl)C1(Cl)C1C2C2CC1(C(=O)O)c1ccccc12. The molecule has 8 heteroatoms. The highest BCUT2D eigenvalue weighted by Crippen LogP contribution is 2.83. The van der Waals surface area contributed by atoms with Crippen molar-refractivity contribution in [3.05, 3.63) is 45.5 Å². The molecule has 1 aromatic carbocycles. The smallest absolute Gasteiger partial charge is 0.314 e. The van der Waals surface area contributed by atoms with Crippen molar-refractivity contribution in [2.45, 2.75) is 33.3 Å². The van der Waals surface area contributed by atoms with Crippen LogP contribution in [-0.2, 0) is 19.7 Å². The summed E-state index contributed by atoms with van der Waals surface area (Å²) >= 11 is 27.6. The van der Waals surface area contributed by atoms with E-state index < -0.39 is 38.8 Å². The molecule has 0 spiro atoms. The summed E-state index contributed by atoms with van der Waals surface area (Å²) in [4.78, 5) is 9.82. The fourth-order valence-electron chi connectivity index (χ4n) is 6.63. The summed E-state index contributed by atoms with van der Waals surface area (Å²) in [5.74, 6) is -3.68. The zero-order valence-corrected chi connectivity index (χ0v) is 17.5. The average molecular weight is 450 g/mol. The number of benzene rings is 1. The van der Waals surface area contributed by atoms with Crippen molar-refractivity contribution in [3.8, 4) is 0 Å². The fraction of sp³-hybridized carbons (Fsp3) is 0.526. The largest absolute Gasteiger partial charge is 0.481 e. The van der Waals surface area contributed by atoms with Gasteiger partial charge in [0, 0.05) is 26.1 Å². The van der Waals surface area contributed by atoms with Gasteiger partial charge in [-0.15, -0.1) is 23.2 Å². The van der Waals surface area contributed by atoms with Crippen molar-refractivity contribution < 1.29 is 19.4 Å². The zero-order valence-electron chi connectivity index (χ0n) is 14.4. The standard InChI is InChI=1S/C19H16Cl4O4/c1-26-19(27-2)17(22)11-9-7-16(15(24)25,10-6-4-3-5-8(9)10)12(11)18(19,23)14(21)13(17)20/h3-6,9,11-12H,7H2,1-2H3,(H,24,25). The van der Waals surface area contributed by atoms with Crippen LogP contribution in [0.5, 0.6) is 0 Å². The van der Waals surface area contributed by atoms with Gasteiger partial charge < -0.3 is 14.6 Å². The van der Waals surface area contributed by atoms with E-state index in [2.05, 4.69) is 0 Å². The maximum absolute atomic E-state index is 12.7. The summed E-state index contributed by atoms with van der Waals surface area (Å²) in [5.41, 5.74) is 0.499. The Morgan fingerprint density at radius 2 is 1.70 bits per heavy atom. The molecule has 27 heavy (non-hydrogen) atoms. The maximum atomic E-state index is 12.7. The molecule has 4 aliphatic carbocycles. The number of rotatable bonds is 3. The second kappa shape index (κ2) is 5.16. The molecule has 144 valence electrons. The molecule has 0 radical (unpaired) electrons. The van der Waals surface area contributed by atoms with Gasteiger partial charge in [-0.25, -0.2) is 0 Å². The van der Waals surface area contributed by atoms with Crippen LogP contribution in [0.15, 0.2) is 34.3 Å². The fourth-order valence-corrected chi connectivity index (χ4v) is 8.97. The number of aliphatic carboxylic acids is 1. The van der Waals surface area contributed by atoms with Crippen LogP contribution in [0.3, 0.4) is 0 Å². The Morgan fingerprint density at radius 3 is 2.30 bits per heavy atom. The van der Waals surface area contributed by atoms with Crippen molar-refractivity contribution in [3.63, 3.8) is 0 Å². The molecule has 0 aliphatic heterocycles. The maximum Gasteiger partial charge on any atom is 0.314 e. The van der Waals surface area contributed by atoms with Crippen LogP contribution in [-0.4, -0.2) is 40.8 Å². The number of carboxylic acids is 1. The topological polar surface area (TPSA) is 55.8 Å². The normalized spacial score (nSPS) is 45.3. The lowest BCUT2D eigenvalue weighted by Crippen LogP contribution is -2.59. The Balaban J connectivity index is 1.89. The first-order chi connectivity index (χ1) is 12.7. The predicted molar refractivity (Wildman–Crippen MR) is 103 cm³/mol. The lowest BCUT2D eigenvalue weighted by molar-refractivity contribution is -0.223. The quantitative estimate of drug-likeness (QED) is 0.422. The zero-order chi connectivity index (χ0) is 19.6. The van der Waals surface area contributed by atoms with E-state index in [1.165, 1.54) is 14.2 Å². The van der Waals surface area contributed by atoms with E-state index in [9.17, 15) is 9.90 Å². The third-order valence-corrected chi connectivity index (χ3v) is 9.97. The van der Waals surface area contributed by atoms with Gasteiger partial charge in [-0.2, -0.15) is 0 Å². The molecule has 0 aromatic heterocycles. The van der Waals surface area contributed by atoms with Gasteiger partial charge in [0.2, 0.25) is 5.79 Å². The monoisotopic (exact) mass is 448 g/mol. The summed E-state index contributed by atoms with van der Waals surface area (Å²) < 4.78 is 11.6. The number of alkyl halides is 2. The number of methoxy groups -OCH3 is 2. The van der Waals surface area contributed by atoms with Gasteiger partial charge in [0.05, 0.1) is 15.5 Å². The number of halogens is 4. The van der Waals surface area contributed by atoms with Crippen molar-refractivity contribution in [1.29, 1.82) is 0 Å². The van der Waals surface area contributed by atoms with Crippen molar-refractivity contribution >= 4 is 52.4 Å². The first-order valence-electron chi connectivity index (χ1n) is 8.57. The van der Waals surface area contributed by atoms with E-state index in [0.29, 0.717) is 6.42 Å². The molecular formula is C19H16Cl4O4. The van der Waals surface area contributed by atoms with Gasteiger partial charge in [-0.3, -0.25) is 4.79 Å². The van der Waals surface area contributed by atoms with E-state index in [4.69, 9.17) is 55.9 Å².